The summed E-state index contributed by atoms with van der Waals surface area (Å²) in [5, 5.41) is 3.37. The molecule has 2 aliphatic heterocycles. The maximum Gasteiger partial charge on any atom is 0.251 e. The fraction of sp³-hybridized carbons (Fsp3) is 1.00. The smallest absolute Gasteiger partial charge is 0.251 e. The Morgan fingerprint density at radius 3 is 2.31 bits per heavy atom. The van der Waals surface area contributed by atoms with E-state index in [4.69, 9.17) is 0 Å². The van der Waals surface area contributed by atoms with Crippen LogP contribution in [0.25, 0.3) is 0 Å². The lowest BCUT2D eigenvalue weighted by Crippen LogP contribution is -2.48. The maximum absolute atomic E-state index is 12.1. The standard InChI is InChI=1S/C12H22F2N2/c13-12(14)9-16-7-11(8-16)2-1-10-3-5-15-6-4-10/h10-12,15H,1-9H2. The topological polar surface area (TPSA) is 15.3 Å². The number of hydrogen-bond donors (Lipinski definition) is 1. The van der Waals surface area contributed by atoms with Crippen molar-refractivity contribution >= 4 is 0 Å². The Morgan fingerprint density at radius 2 is 1.69 bits per heavy atom. The van der Waals surface area contributed by atoms with Crippen molar-refractivity contribution in [2.45, 2.75) is 32.1 Å². The Morgan fingerprint density at radius 1 is 1.06 bits per heavy atom. The van der Waals surface area contributed by atoms with Gasteiger partial charge in [0.15, 0.2) is 0 Å². The molecule has 2 aliphatic rings. The molecule has 2 saturated heterocycles. The highest BCUT2D eigenvalue weighted by Gasteiger charge is 2.28. The van der Waals surface area contributed by atoms with Crippen LogP contribution in [-0.4, -0.2) is 44.0 Å². The van der Waals surface area contributed by atoms with Gasteiger partial charge in [-0.1, -0.05) is 0 Å². The van der Waals surface area contributed by atoms with Crippen LogP contribution in [0, 0.1) is 11.8 Å². The first-order valence-corrected chi connectivity index (χ1v) is 6.45. The number of nitrogens with one attached hydrogen (secondary N) is 1. The monoisotopic (exact) mass is 232 g/mol. The van der Waals surface area contributed by atoms with Gasteiger partial charge in [0.25, 0.3) is 6.43 Å². The molecule has 2 heterocycles. The van der Waals surface area contributed by atoms with Crippen molar-refractivity contribution in [3.8, 4) is 0 Å². The number of rotatable bonds is 5. The molecule has 0 radical (unpaired) electrons. The van der Waals surface area contributed by atoms with Crippen LogP contribution in [0.15, 0.2) is 0 Å². The van der Waals surface area contributed by atoms with E-state index in [0.29, 0.717) is 5.92 Å². The number of hydrogen-bond acceptors (Lipinski definition) is 2. The van der Waals surface area contributed by atoms with Crippen LogP contribution >= 0.6 is 0 Å². The molecule has 0 aromatic rings. The van der Waals surface area contributed by atoms with Crippen molar-refractivity contribution in [3.63, 3.8) is 0 Å². The van der Waals surface area contributed by atoms with Gasteiger partial charge in [-0.25, -0.2) is 8.78 Å². The summed E-state index contributed by atoms with van der Waals surface area (Å²) in [6.45, 7) is 4.09. The summed E-state index contributed by atoms with van der Waals surface area (Å²) in [7, 11) is 0. The molecule has 0 bridgehead atoms. The molecule has 0 aliphatic carbocycles. The minimum atomic E-state index is -2.16. The second kappa shape index (κ2) is 5.92. The Labute approximate surface area is 96.4 Å². The second-order valence-electron chi connectivity index (χ2n) is 5.25. The maximum atomic E-state index is 12.1. The Hall–Kier alpha value is -0.220. The van der Waals surface area contributed by atoms with Gasteiger partial charge in [-0.05, 0) is 50.6 Å². The normalized spacial score (nSPS) is 24.9. The van der Waals surface area contributed by atoms with E-state index >= 15 is 0 Å². The van der Waals surface area contributed by atoms with Gasteiger partial charge in [-0.3, -0.25) is 4.90 Å². The van der Waals surface area contributed by atoms with Gasteiger partial charge in [-0.2, -0.15) is 0 Å². The Balaban J connectivity index is 1.52. The van der Waals surface area contributed by atoms with E-state index in [2.05, 4.69) is 5.32 Å². The van der Waals surface area contributed by atoms with E-state index in [0.717, 1.165) is 32.1 Å². The molecule has 0 unspecified atom stereocenters. The third-order valence-electron chi connectivity index (χ3n) is 3.87. The number of piperidine rings is 1. The van der Waals surface area contributed by atoms with Gasteiger partial charge in [0.2, 0.25) is 0 Å². The van der Waals surface area contributed by atoms with Crippen LogP contribution in [0.5, 0.6) is 0 Å². The summed E-state index contributed by atoms with van der Waals surface area (Å²) in [4.78, 5) is 1.87. The molecule has 2 fully saturated rings. The molecule has 2 nitrogen and oxygen atoms in total. The highest BCUT2D eigenvalue weighted by atomic mass is 19.3. The predicted octanol–water partition coefficient (Wildman–Crippen LogP) is 1.96. The number of alkyl halides is 2. The first kappa shape index (κ1) is 12.2. The van der Waals surface area contributed by atoms with E-state index in [1.807, 2.05) is 4.90 Å². The molecular weight excluding hydrogens is 210 g/mol. The predicted molar refractivity (Wildman–Crippen MR) is 60.8 cm³/mol. The molecule has 0 spiro atoms. The summed E-state index contributed by atoms with van der Waals surface area (Å²) in [5.41, 5.74) is 0. The molecule has 2 rings (SSSR count). The first-order valence-electron chi connectivity index (χ1n) is 6.45. The third-order valence-corrected chi connectivity index (χ3v) is 3.87. The van der Waals surface area contributed by atoms with Crippen molar-refractivity contribution in [1.82, 2.24) is 10.2 Å². The van der Waals surface area contributed by atoms with Gasteiger partial charge in [-0.15, -0.1) is 0 Å². The van der Waals surface area contributed by atoms with Gasteiger partial charge >= 0.3 is 0 Å². The lowest BCUT2D eigenvalue weighted by atomic mass is 9.86. The Bertz CT molecular complexity index is 199. The van der Waals surface area contributed by atoms with E-state index < -0.39 is 6.43 Å². The molecule has 0 saturated carbocycles. The molecule has 0 aromatic carbocycles. The van der Waals surface area contributed by atoms with Gasteiger partial charge < -0.3 is 5.32 Å². The van der Waals surface area contributed by atoms with Crippen molar-refractivity contribution in [2.24, 2.45) is 11.8 Å². The first-order chi connectivity index (χ1) is 7.74. The summed E-state index contributed by atoms with van der Waals surface area (Å²) in [5.74, 6) is 1.57. The minimum Gasteiger partial charge on any atom is -0.317 e. The zero-order chi connectivity index (χ0) is 11.4. The van der Waals surface area contributed by atoms with Crippen LogP contribution in [0.1, 0.15) is 25.7 Å². The van der Waals surface area contributed by atoms with Crippen molar-refractivity contribution in [3.05, 3.63) is 0 Å². The largest absolute Gasteiger partial charge is 0.317 e. The third kappa shape index (κ3) is 3.67. The van der Waals surface area contributed by atoms with Gasteiger partial charge in [0.1, 0.15) is 0 Å². The molecule has 1 N–H and O–H groups in total. The SMILES string of the molecule is FC(F)CN1CC(CCC2CCNCC2)C1. The van der Waals surface area contributed by atoms with Gasteiger partial charge in [0, 0.05) is 13.1 Å². The molecule has 0 aromatic heterocycles. The number of halogens is 2. The lowest BCUT2D eigenvalue weighted by Gasteiger charge is -2.39. The van der Waals surface area contributed by atoms with Crippen molar-refractivity contribution < 1.29 is 8.78 Å². The minimum absolute atomic E-state index is 0.0240. The molecule has 0 amide bonds. The average molecular weight is 232 g/mol. The van der Waals surface area contributed by atoms with Crippen LogP contribution in [0.3, 0.4) is 0 Å². The summed E-state index contributed by atoms with van der Waals surface area (Å²) < 4.78 is 24.1. The Kier molecular flexibility index (Phi) is 4.53. The van der Waals surface area contributed by atoms with E-state index in [1.165, 1.54) is 25.7 Å². The molecule has 94 valence electrons. The average Bonchev–Trinajstić information content (AvgIpc) is 2.22. The highest BCUT2D eigenvalue weighted by molar-refractivity contribution is 4.81. The van der Waals surface area contributed by atoms with Gasteiger partial charge in [0.05, 0.1) is 6.54 Å². The zero-order valence-corrected chi connectivity index (χ0v) is 9.80. The van der Waals surface area contributed by atoms with Crippen molar-refractivity contribution in [2.75, 3.05) is 32.7 Å². The fourth-order valence-electron chi connectivity index (χ4n) is 2.85. The summed E-state index contributed by atoms with van der Waals surface area (Å²) in [6, 6.07) is 0. The molecule has 16 heavy (non-hydrogen) atoms. The summed E-state index contributed by atoms with van der Waals surface area (Å²) >= 11 is 0. The van der Waals surface area contributed by atoms with Crippen molar-refractivity contribution in [1.29, 1.82) is 0 Å². The number of nitrogens with zero attached hydrogens (tertiary/aromatic N) is 1. The number of likely N-dealkylation sites (tertiary alicyclic amines) is 1. The van der Waals surface area contributed by atoms with E-state index in [9.17, 15) is 8.78 Å². The zero-order valence-electron chi connectivity index (χ0n) is 9.80. The van der Waals surface area contributed by atoms with Crippen LogP contribution in [0.4, 0.5) is 8.78 Å². The highest BCUT2D eigenvalue weighted by Crippen LogP contribution is 2.26. The van der Waals surface area contributed by atoms with E-state index in [1.54, 1.807) is 0 Å². The molecule has 4 heteroatoms. The summed E-state index contributed by atoms with van der Waals surface area (Å²) in [6.07, 6.45) is 2.98. The lowest BCUT2D eigenvalue weighted by molar-refractivity contribution is 0.0201. The van der Waals surface area contributed by atoms with Crippen LogP contribution in [0.2, 0.25) is 0 Å². The van der Waals surface area contributed by atoms with Crippen LogP contribution in [-0.2, 0) is 0 Å². The molecular formula is C12H22F2N2. The van der Waals surface area contributed by atoms with E-state index in [-0.39, 0.29) is 6.54 Å². The second-order valence-corrected chi connectivity index (χ2v) is 5.25. The molecule has 0 atom stereocenters. The fourth-order valence-corrected chi connectivity index (χ4v) is 2.85. The quantitative estimate of drug-likeness (QED) is 0.779. The van der Waals surface area contributed by atoms with Crippen LogP contribution < -0.4 is 5.32 Å².